The van der Waals surface area contributed by atoms with Crippen LogP contribution in [-0.2, 0) is 15.7 Å². The van der Waals surface area contributed by atoms with Crippen molar-refractivity contribution >= 4 is 32.5 Å². The standard InChI is InChI=1S/C11H12N2O2S2/c14-17(13-5-7-15-8-6-13)11-12-9-3-1-2-4-10(9)16-11/h1-4H,5-8H2. The second-order valence-corrected chi connectivity index (χ2v) is 6.43. The van der Waals surface area contributed by atoms with E-state index in [0.717, 1.165) is 10.2 Å². The lowest BCUT2D eigenvalue weighted by molar-refractivity contribution is 0.0752. The minimum atomic E-state index is -1.14. The van der Waals surface area contributed by atoms with Crippen LogP contribution in [0.2, 0.25) is 0 Å². The van der Waals surface area contributed by atoms with E-state index in [4.69, 9.17) is 4.74 Å². The summed E-state index contributed by atoms with van der Waals surface area (Å²) in [6.07, 6.45) is 0. The quantitative estimate of drug-likeness (QED) is 0.831. The summed E-state index contributed by atoms with van der Waals surface area (Å²) in [5.41, 5.74) is 0.925. The summed E-state index contributed by atoms with van der Waals surface area (Å²) in [6, 6.07) is 7.88. The summed E-state index contributed by atoms with van der Waals surface area (Å²) in [4.78, 5) is 4.42. The molecule has 1 saturated heterocycles. The van der Waals surface area contributed by atoms with Crippen LogP contribution < -0.4 is 0 Å². The number of benzene rings is 1. The Morgan fingerprint density at radius 3 is 2.82 bits per heavy atom. The molecule has 17 heavy (non-hydrogen) atoms. The molecule has 2 aromatic rings. The molecule has 0 spiro atoms. The van der Waals surface area contributed by atoms with Gasteiger partial charge in [0, 0.05) is 13.1 Å². The highest BCUT2D eigenvalue weighted by molar-refractivity contribution is 7.85. The van der Waals surface area contributed by atoms with Gasteiger partial charge in [0.1, 0.15) is 0 Å². The maximum Gasteiger partial charge on any atom is 0.197 e. The number of fused-ring (bicyclic) bond motifs is 1. The van der Waals surface area contributed by atoms with Crippen molar-refractivity contribution in [1.82, 2.24) is 9.29 Å². The predicted molar refractivity (Wildman–Crippen MR) is 68.4 cm³/mol. The van der Waals surface area contributed by atoms with Crippen molar-refractivity contribution in [3.8, 4) is 0 Å². The smallest absolute Gasteiger partial charge is 0.197 e. The molecule has 0 radical (unpaired) electrons. The fourth-order valence-electron chi connectivity index (χ4n) is 1.75. The minimum Gasteiger partial charge on any atom is -0.379 e. The monoisotopic (exact) mass is 268 g/mol. The van der Waals surface area contributed by atoms with Crippen molar-refractivity contribution in [2.75, 3.05) is 26.3 Å². The highest BCUT2D eigenvalue weighted by Gasteiger charge is 2.21. The van der Waals surface area contributed by atoms with Gasteiger partial charge in [0.15, 0.2) is 15.3 Å². The maximum absolute atomic E-state index is 12.3. The zero-order chi connectivity index (χ0) is 11.7. The Bertz CT molecular complexity index is 516. The normalized spacial score (nSPS) is 19.5. The first kappa shape index (κ1) is 11.3. The average Bonchev–Trinajstić information content (AvgIpc) is 2.82. The fourth-order valence-corrected chi connectivity index (χ4v) is 4.19. The molecule has 1 aliphatic heterocycles. The number of hydrogen-bond donors (Lipinski definition) is 0. The Hall–Kier alpha value is -0.820. The summed E-state index contributed by atoms with van der Waals surface area (Å²) in [5, 5.41) is 0. The van der Waals surface area contributed by atoms with Crippen molar-refractivity contribution < 1.29 is 8.95 Å². The predicted octanol–water partition coefficient (Wildman–Crippen LogP) is 1.65. The van der Waals surface area contributed by atoms with Gasteiger partial charge in [0.25, 0.3) is 0 Å². The lowest BCUT2D eigenvalue weighted by Gasteiger charge is -2.23. The molecular weight excluding hydrogens is 256 g/mol. The van der Waals surface area contributed by atoms with E-state index < -0.39 is 11.0 Å². The third-order valence-electron chi connectivity index (χ3n) is 2.63. The van der Waals surface area contributed by atoms with Crippen LogP contribution in [0, 0.1) is 0 Å². The van der Waals surface area contributed by atoms with Crippen LogP contribution in [0.5, 0.6) is 0 Å². The first-order chi connectivity index (χ1) is 8.34. The second kappa shape index (κ2) is 4.81. The van der Waals surface area contributed by atoms with Crippen molar-refractivity contribution in [2.45, 2.75) is 4.34 Å². The molecule has 1 atom stereocenters. The summed E-state index contributed by atoms with van der Waals surface area (Å²) in [6.45, 7) is 2.72. The van der Waals surface area contributed by atoms with E-state index in [0.29, 0.717) is 30.6 Å². The van der Waals surface area contributed by atoms with Crippen molar-refractivity contribution in [2.24, 2.45) is 0 Å². The van der Waals surface area contributed by atoms with E-state index in [-0.39, 0.29) is 0 Å². The number of hydrogen-bond acceptors (Lipinski definition) is 4. The van der Waals surface area contributed by atoms with Crippen LogP contribution in [0.4, 0.5) is 0 Å². The van der Waals surface area contributed by atoms with E-state index >= 15 is 0 Å². The summed E-state index contributed by atoms with van der Waals surface area (Å²) in [7, 11) is -1.14. The van der Waals surface area contributed by atoms with Gasteiger partial charge >= 0.3 is 0 Å². The van der Waals surface area contributed by atoms with Gasteiger partial charge in [-0.3, -0.25) is 0 Å². The zero-order valence-corrected chi connectivity index (χ0v) is 10.8. The van der Waals surface area contributed by atoms with Gasteiger partial charge in [-0.15, -0.1) is 11.3 Å². The lowest BCUT2D eigenvalue weighted by atomic mass is 10.3. The SMILES string of the molecule is O=S(c1nc2ccccc2s1)N1CCOCC1. The second-order valence-electron chi connectivity index (χ2n) is 3.74. The highest BCUT2D eigenvalue weighted by Crippen LogP contribution is 2.25. The van der Waals surface area contributed by atoms with Gasteiger partial charge in [0.05, 0.1) is 23.4 Å². The molecular formula is C11H12N2O2S2. The van der Waals surface area contributed by atoms with Crippen molar-refractivity contribution in [1.29, 1.82) is 0 Å². The first-order valence-corrected chi connectivity index (χ1v) is 7.37. The molecule has 2 heterocycles. The number of morpholine rings is 1. The van der Waals surface area contributed by atoms with Crippen LogP contribution >= 0.6 is 11.3 Å². The third-order valence-corrected chi connectivity index (χ3v) is 5.36. The molecule has 0 amide bonds. The van der Waals surface area contributed by atoms with Gasteiger partial charge in [-0.05, 0) is 12.1 Å². The Balaban J connectivity index is 1.89. The molecule has 4 nitrogen and oxygen atoms in total. The molecule has 6 heteroatoms. The van der Waals surface area contributed by atoms with Crippen LogP contribution in [0.3, 0.4) is 0 Å². The average molecular weight is 268 g/mol. The largest absolute Gasteiger partial charge is 0.379 e. The van der Waals surface area contributed by atoms with Crippen molar-refractivity contribution in [3.05, 3.63) is 24.3 Å². The summed E-state index contributed by atoms with van der Waals surface area (Å²) < 4.78 is 21.2. The van der Waals surface area contributed by atoms with Crippen LogP contribution in [0.15, 0.2) is 28.6 Å². The van der Waals surface area contributed by atoms with Gasteiger partial charge < -0.3 is 4.74 Å². The maximum atomic E-state index is 12.3. The molecule has 0 N–H and O–H groups in total. The molecule has 1 aliphatic rings. The van der Waals surface area contributed by atoms with Crippen LogP contribution in [0.1, 0.15) is 0 Å². The molecule has 1 fully saturated rings. The number of nitrogens with zero attached hydrogens (tertiary/aromatic N) is 2. The number of rotatable bonds is 2. The Labute approximate surface area is 106 Å². The minimum absolute atomic E-state index is 0.649. The molecule has 1 aromatic heterocycles. The van der Waals surface area contributed by atoms with Gasteiger partial charge in [0.2, 0.25) is 0 Å². The number of aromatic nitrogens is 1. The van der Waals surface area contributed by atoms with E-state index in [9.17, 15) is 4.21 Å². The number of ether oxygens (including phenoxy) is 1. The van der Waals surface area contributed by atoms with E-state index in [1.54, 1.807) is 0 Å². The highest BCUT2D eigenvalue weighted by atomic mass is 32.2. The molecule has 0 saturated carbocycles. The molecule has 90 valence electrons. The summed E-state index contributed by atoms with van der Waals surface area (Å²) >= 11 is 1.51. The Kier molecular flexibility index (Phi) is 3.19. The van der Waals surface area contributed by atoms with Gasteiger partial charge in [-0.2, -0.15) is 0 Å². The zero-order valence-electron chi connectivity index (χ0n) is 9.17. The molecule has 1 unspecified atom stereocenters. The van der Waals surface area contributed by atoms with Crippen LogP contribution in [-0.4, -0.2) is 39.8 Å². The molecule has 0 aliphatic carbocycles. The van der Waals surface area contributed by atoms with Crippen molar-refractivity contribution in [3.63, 3.8) is 0 Å². The van der Waals surface area contributed by atoms with E-state index in [2.05, 4.69) is 4.98 Å². The van der Waals surface area contributed by atoms with Gasteiger partial charge in [-0.1, -0.05) is 12.1 Å². The summed E-state index contributed by atoms with van der Waals surface area (Å²) in [5.74, 6) is 0. The molecule has 3 rings (SSSR count). The van der Waals surface area contributed by atoms with Crippen LogP contribution in [0.25, 0.3) is 10.2 Å². The Morgan fingerprint density at radius 1 is 1.29 bits per heavy atom. The topological polar surface area (TPSA) is 42.4 Å². The fraction of sp³-hybridized carbons (Fsp3) is 0.364. The molecule has 0 bridgehead atoms. The van der Waals surface area contributed by atoms with Gasteiger partial charge in [-0.25, -0.2) is 13.5 Å². The number of thiazole rings is 1. The first-order valence-electron chi connectivity index (χ1n) is 5.45. The number of para-hydroxylation sites is 1. The third kappa shape index (κ3) is 2.26. The molecule has 1 aromatic carbocycles. The lowest BCUT2D eigenvalue weighted by Crippen LogP contribution is -2.37. The Morgan fingerprint density at radius 2 is 2.06 bits per heavy atom. The van der Waals surface area contributed by atoms with E-state index in [1.807, 2.05) is 28.6 Å². The van der Waals surface area contributed by atoms with E-state index in [1.165, 1.54) is 11.3 Å².